The van der Waals surface area contributed by atoms with E-state index in [9.17, 15) is 23.9 Å². The van der Waals surface area contributed by atoms with Gasteiger partial charge >= 0.3 is 6.03 Å². The van der Waals surface area contributed by atoms with Crippen molar-refractivity contribution < 1.29 is 32.6 Å². The molecule has 10 nitrogen and oxygen atoms in total. The number of pyridine rings is 2. The molecule has 2 aliphatic carbocycles. The minimum Gasteiger partial charge on any atom is -0.454 e. The lowest BCUT2D eigenvalue weighted by Gasteiger charge is -2.25. The van der Waals surface area contributed by atoms with E-state index in [2.05, 4.69) is 15.6 Å². The molecule has 4 aromatic rings. The van der Waals surface area contributed by atoms with E-state index in [1.165, 1.54) is 48.8 Å². The SMILES string of the molecule is CN(C(=O)Nc1cc(Oc2cc(F)c(NC(=O)c3cccn(-c4ccc(F)cc4)c3=O)cc2F)ccn1)C1C[C@H]2CC(O)C[C@H]2C1. The van der Waals surface area contributed by atoms with E-state index in [-0.39, 0.29) is 35.3 Å². The van der Waals surface area contributed by atoms with Gasteiger partial charge in [-0.3, -0.25) is 19.5 Å². The number of amides is 3. The molecule has 2 heterocycles. The molecule has 6 rings (SSSR count). The van der Waals surface area contributed by atoms with Crippen molar-refractivity contribution in [3.63, 3.8) is 0 Å². The summed E-state index contributed by atoms with van der Waals surface area (Å²) >= 11 is 0. The van der Waals surface area contributed by atoms with Gasteiger partial charge in [-0.05, 0) is 80.0 Å². The van der Waals surface area contributed by atoms with Gasteiger partial charge < -0.3 is 20.1 Å². The molecule has 2 unspecified atom stereocenters. The molecule has 3 N–H and O–H groups in total. The Bertz CT molecular complexity index is 1840. The maximum absolute atomic E-state index is 15.0. The molecule has 2 fully saturated rings. The Morgan fingerprint density at radius 1 is 0.957 bits per heavy atom. The molecule has 0 bridgehead atoms. The number of halogens is 3. The third kappa shape index (κ3) is 6.45. The number of aromatic nitrogens is 2. The maximum Gasteiger partial charge on any atom is 0.323 e. The van der Waals surface area contributed by atoms with E-state index in [0.29, 0.717) is 17.5 Å². The normalized spacial score (nSPS) is 20.2. The van der Waals surface area contributed by atoms with E-state index >= 15 is 8.78 Å². The van der Waals surface area contributed by atoms with Crippen LogP contribution in [0.2, 0.25) is 0 Å². The zero-order chi connectivity index (χ0) is 32.5. The summed E-state index contributed by atoms with van der Waals surface area (Å²) in [4.78, 5) is 44.4. The Kier molecular flexibility index (Phi) is 8.50. The predicted octanol–water partition coefficient (Wildman–Crippen LogP) is 5.71. The van der Waals surface area contributed by atoms with Crippen LogP contribution in [0, 0.1) is 29.3 Å². The van der Waals surface area contributed by atoms with E-state index in [1.807, 2.05) is 0 Å². The van der Waals surface area contributed by atoms with Crippen LogP contribution in [0.25, 0.3) is 5.69 Å². The second kappa shape index (κ2) is 12.7. The first kappa shape index (κ1) is 30.8. The summed E-state index contributed by atoms with van der Waals surface area (Å²) in [6.45, 7) is 0. The van der Waals surface area contributed by atoms with E-state index < -0.39 is 40.4 Å². The van der Waals surface area contributed by atoms with E-state index in [4.69, 9.17) is 4.74 Å². The van der Waals surface area contributed by atoms with Crippen LogP contribution < -0.4 is 20.9 Å². The van der Waals surface area contributed by atoms with Gasteiger partial charge in [0.1, 0.15) is 22.9 Å². The molecular formula is C33H30F3N5O5. The summed E-state index contributed by atoms with van der Waals surface area (Å²) in [5.41, 5.74) is -1.31. The summed E-state index contributed by atoms with van der Waals surface area (Å²) in [6.07, 6.45) is 5.63. The number of carbonyl (C=O) groups is 2. The lowest BCUT2D eigenvalue weighted by atomic mass is 10.0. The fraction of sp³-hybridized carbons (Fsp3) is 0.273. The molecule has 13 heteroatoms. The Balaban J connectivity index is 1.11. The molecule has 3 amide bonds. The van der Waals surface area contributed by atoms with Gasteiger partial charge in [0.15, 0.2) is 17.4 Å². The van der Waals surface area contributed by atoms with Gasteiger partial charge in [0.05, 0.1) is 11.8 Å². The Hall–Kier alpha value is -5.17. The predicted molar refractivity (Wildman–Crippen MR) is 163 cm³/mol. The minimum atomic E-state index is -1.03. The molecule has 0 saturated heterocycles. The van der Waals surface area contributed by atoms with Crippen molar-refractivity contribution in [3.8, 4) is 17.2 Å². The highest BCUT2D eigenvalue weighted by atomic mass is 19.1. The van der Waals surface area contributed by atoms with Crippen LogP contribution in [0.5, 0.6) is 11.5 Å². The molecule has 4 atom stereocenters. The van der Waals surface area contributed by atoms with Crippen LogP contribution in [0.15, 0.2) is 77.9 Å². The monoisotopic (exact) mass is 633 g/mol. The third-order valence-electron chi connectivity index (χ3n) is 8.59. The average Bonchev–Trinajstić information content (AvgIpc) is 3.57. The minimum absolute atomic E-state index is 0.0377. The number of carbonyl (C=O) groups excluding carboxylic acids is 2. The second-order valence-electron chi connectivity index (χ2n) is 11.6. The van der Waals surface area contributed by atoms with Gasteiger partial charge in [-0.15, -0.1) is 0 Å². The molecule has 0 spiro atoms. The number of hydrogen-bond acceptors (Lipinski definition) is 6. The molecule has 238 valence electrons. The largest absolute Gasteiger partial charge is 0.454 e. The number of nitrogens with zero attached hydrogens (tertiary/aromatic N) is 3. The lowest BCUT2D eigenvalue weighted by molar-refractivity contribution is 0.102. The van der Waals surface area contributed by atoms with Gasteiger partial charge in [0.25, 0.3) is 11.5 Å². The summed E-state index contributed by atoms with van der Waals surface area (Å²) < 4.78 is 50.0. The van der Waals surface area contributed by atoms with Gasteiger partial charge in [0.2, 0.25) is 0 Å². The van der Waals surface area contributed by atoms with Crippen LogP contribution in [-0.4, -0.2) is 50.7 Å². The second-order valence-corrected chi connectivity index (χ2v) is 11.6. The first-order valence-electron chi connectivity index (χ1n) is 14.7. The molecule has 0 radical (unpaired) electrons. The molecule has 2 aliphatic rings. The summed E-state index contributed by atoms with van der Waals surface area (Å²) in [5.74, 6) is -2.99. The molecule has 46 heavy (non-hydrogen) atoms. The quantitative estimate of drug-likeness (QED) is 0.240. The fourth-order valence-electron chi connectivity index (χ4n) is 6.27. The maximum atomic E-state index is 15.0. The first-order chi connectivity index (χ1) is 22.0. The number of aliphatic hydroxyl groups excluding tert-OH is 1. The fourth-order valence-corrected chi connectivity index (χ4v) is 6.27. The molecule has 0 aliphatic heterocycles. The summed E-state index contributed by atoms with van der Waals surface area (Å²) in [5, 5.41) is 14.8. The zero-order valence-electron chi connectivity index (χ0n) is 24.6. The number of benzene rings is 2. The van der Waals surface area contributed by atoms with E-state index in [1.54, 1.807) is 11.9 Å². The van der Waals surface area contributed by atoms with Gasteiger partial charge in [-0.2, -0.15) is 0 Å². The molecular weight excluding hydrogens is 603 g/mol. The number of anilines is 2. The van der Waals surface area contributed by atoms with Gasteiger partial charge in [0, 0.05) is 49.4 Å². The molecule has 2 aromatic heterocycles. The van der Waals surface area contributed by atoms with Crippen molar-refractivity contribution in [1.82, 2.24) is 14.5 Å². The average molecular weight is 634 g/mol. The van der Waals surface area contributed by atoms with Gasteiger partial charge in [-0.25, -0.2) is 22.9 Å². The van der Waals surface area contributed by atoms with Crippen LogP contribution in [0.4, 0.5) is 29.5 Å². The number of rotatable bonds is 7. The Morgan fingerprint density at radius 2 is 1.67 bits per heavy atom. The van der Waals surface area contributed by atoms with Crippen LogP contribution in [0.1, 0.15) is 36.0 Å². The van der Waals surface area contributed by atoms with Crippen molar-refractivity contribution in [3.05, 3.63) is 106 Å². The zero-order valence-corrected chi connectivity index (χ0v) is 24.6. The summed E-state index contributed by atoms with van der Waals surface area (Å²) in [6, 6.07) is 11.6. The lowest BCUT2D eigenvalue weighted by Crippen LogP contribution is -2.39. The van der Waals surface area contributed by atoms with Crippen LogP contribution in [-0.2, 0) is 0 Å². The summed E-state index contributed by atoms with van der Waals surface area (Å²) in [7, 11) is 1.70. The highest BCUT2D eigenvalue weighted by molar-refractivity contribution is 6.04. The first-order valence-corrected chi connectivity index (χ1v) is 14.7. The number of fused-ring (bicyclic) bond motifs is 1. The Labute approximate surface area is 261 Å². The van der Waals surface area contributed by atoms with Crippen molar-refractivity contribution >= 4 is 23.4 Å². The number of urea groups is 1. The number of ether oxygens (including phenoxy) is 1. The standard InChI is InChI=1S/C33H30F3N5O5/c1-40(22-11-18-13-23(42)14-19(18)12-22)33(45)39-30-15-24(8-9-37-30)46-29-17-26(35)28(16-27(29)36)38-31(43)25-3-2-10-41(32(25)44)21-6-4-20(34)5-7-21/h2-10,15-19,22-23,42H,11-14H2,1H3,(H,38,43)(H,37,39,45)/t18-,19+,22?,23?. The van der Waals surface area contributed by atoms with Crippen LogP contribution in [0.3, 0.4) is 0 Å². The number of hydrogen-bond donors (Lipinski definition) is 3. The van der Waals surface area contributed by atoms with Crippen molar-refractivity contribution in [2.24, 2.45) is 11.8 Å². The third-order valence-corrected chi connectivity index (χ3v) is 8.59. The number of aliphatic hydroxyl groups is 1. The highest BCUT2D eigenvalue weighted by Gasteiger charge is 2.43. The smallest absolute Gasteiger partial charge is 0.323 e. The topological polar surface area (TPSA) is 126 Å². The molecule has 2 aromatic carbocycles. The highest BCUT2D eigenvalue weighted by Crippen LogP contribution is 2.45. The van der Waals surface area contributed by atoms with Gasteiger partial charge in [-0.1, -0.05) is 0 Å². The van der Waals surface area contributed by atoms with Crippen LogP contribution >= 0.6 is 0 Å². The van der Waals surface area contributed by atoms with Crippen molar-refractivity contribution in [1.29, 1.82) is 0 Å². The Morgan fingerprint density at radius 3 is 2.39 bits per heavy atom. The van der Waals surface area contributed by atoms with Crippen molar-refractivity contribution in [2.45, 2.75) is 37.8 Å². The van der Waals surface area contributed by atoms with Crippen molar-refractivity contribution in [2.75, 3.05) is 17.7 Å². The molecule has 2 saturated carbocycles. The van der Waals surface area contributed by atoms with E-state index in [0.717, 1.165) is 54.5 Å². The number of nitrogens with one attached hydrogen (secondary N) is 2.